The molecule has 132 valence electrons. The highest BCUT2D eigenvalue weighted by molar-refractivity contribution is 14.0. The molecule has 0 spiro atoms. The second kappa shape index (κ2) is 11.4. The van der Waals surface area contributed by atoms with Crippen LogP contribution in [-0.4, -0.2) is 31.1 Å². The summed E-state index contributed by atoms with van der Waals surface area (Å²) in [6, 6.07) is 8.49. The third-order valence-electron chi connectivity index (χ3n) is 3.65. The lowest BCUT2D eigenvalue weighted by atomic mass is 10.1. The molecule has 1 unspecified atom stereocenters. The van der Waals surface area contributed by atoms with Crippen molar-refractivity contribution >= 4 is 41.3 Å². The molecule has 2 aromatic heterocycles. The van der Waals surface area contributed by atoms with Crippen molar-refractivity contribution in [2.45, 2.75) is 26.7 Å². The molecule has 1 atom stereocenters. The van der Waals surface area contributed by atoms with Crippen LogP contribution >= 0.6 is 35.3 Å². The van der Waals surface area contributed by atoms with Crippen LogP contribution in [0.15, 0.2) is 40.8 Å². The Balaban J connectivity index is 0.00000288. The van der Waals surface area contributed by atoms with Crippen molar-refractivity contribution in [2.24, 2.45) is 10.9 Å². The highest BCUT2D eigenvalue weighted by Crippen LogP contribution is 2.13. The third kappa shape index (κ3) is 7.61. The van der Waals surface area contributed by atoms with Crippen molar-refractivity contribution in [2.75, 3.05) is 20.1 Å². The summed E-state index contributed by atoms with van der Waals surface area (Å²) >= 11 is 1.82. The quantitative estimate of drug-likeness (QED) is 0.378. The molecule has 2 N–H and O–H groups in total. The fourth-order valence-electron chi connectivity index (χ4n) is 2.31. The summed E-state index contributed by atoms with van der Waals surface area (Å²) in [6.07, 6.45) is 3.99. The maximum atomic E-state index is 4.32. The lowest BCUT2D eigenvalue weighted by Crippen LogP contribution is -2.40. The van der Waals surface area contributed by atoms with Crippen molar-refractivity contribution in [3.63, 3.8) is 0 Å². The topological polar surface area (TPSA) is 49.3 Å². The minimum absolute atomic E-state index is 0. The molecule has 0 radical (unpaired) electrons. The Bertz CT molecular complexity index is 596. The molecule has 4 nitrogen and oxygen atoms in total. The number of aliphatic imine (C=N–C) groups is 1. The molecular formula is C18H27IN4S. The first-order valence-electron chi connectivity index (χ1n) is 8.06. The van der Waals surface area contributed by atoms with Crippen LogP contribution < -0.4 is 10.6 Å². The van der Waals surface area contributed by atoms with E-state index in [1.165, 1.54) is 10.4 Å². The first-order chi connectivity index (χ1) is 11.2. The summed E-state index contributed by atoms with van der Waals surface area (Å²) in [5, 5.41) is 8.90. The smallest absolute Gasteiger partial charge is 0.190 e. The van der Waals surface area contributed by atoms with Gasteiger partial charge in [0, 0.05) is 36.9 Å². The van der Waals surface area contributed by atoms with E-state index in [0.717, 1.165) is 37.6 Å². The zero-order valence-corrected chi connectivity index (χ0v) is 17.7. The van der Waals surface area contributed by atoms with Crippen molar-refractivity contribution < 1.29 is 0 Å². The van der Waals surface area contributed by atoms with E-state index in [1.54, 1.807) is 0 Å². The van der Waals surface area contributed by atoms with Gasteiger partial charge in [0.15, 0.2) is 5.96 Å². The van der Waals surface area contributed by atoms with E-state index in [-0.39, 0.29) is 24.0 Å². The summed E-state index contributed by atoms with van der Waals surface area (Å²) < 4.78 is 0. The normalized spacial score (nSPS) is 12.4. The number of guanidine groups is 1. The molecule has 0 bridgehead atoms. The first kappa shape index (κ1) is 20.9. The van der Waals surface area contributed by atoms with E-state index < -0.39 is 0 Å². The highest BCUT2D eigenvalue weighted by Gasteiger charge is 2.06. The summed E-state index contributed by atoms with van der Waals surface area (Å²) in [7, 11) is 1.81. The molecule has 2 heterocycles. The van der Waals surface area contributed by atoms with Gasteiger partial charge in [-0.1, -0.05) is 19.1 Å². The zero-order chi connectivity index (χ0) is 16.5. The average molecular weight is 458 g/mol. The van der Waals surface area contributed by atoms with Gasteiger partial charge in [-0.15, -0.1) is 35.3 Å². The molecule has 0 saturated carbocycles. The second-order valence-corrected chi connectivity index (χ2v) is 6.86. The van der Waals surface area contributed by atoms with Crippen LogP contribution in [0.1, 0.15) is 23.1 Å². The Morgan fingerprint density at radius 1 is 1.29 bits per heavy atom. The maximum Gasteiger partial charge on any atom is 0.190 e. The van der Waals surface area contributed by atoms with Gasteiger partial charge in [0.05, 0.1) is 0 Å². The molecule has 0 saturated heterocycles. The minimum atomic E-state index is 0. The largest absolute Gasteiger partial charge is 0.356 e. The van der Waals surface area contributed by atoms with Gasteiger partial charge >= 0.3 is 0 Å². The molecule has 6 heteroatoms. The first-order valence-corrected chi connectivity index (χ1v) is 8.93. The fourth-order valence-corrected chi connectivity index (χ4v) is 3.18. The Kier molecular flexibility index (Phi) is 9.94. The number of hydrogen-bond acceptors (Lipinski definition) is 3. The highest BCUT2D eigenvalue weighted by atomic mass is 127. The number of nitrogens with zero attached hydrogens (tertiary/aromatic N) is 2. The maximum absolute atomic E-state index is 4.32. The number of nitrogens with one attached hydrogen (secondary N) is 2. The van der Waals surface area contributed by atoms with E-state index in [0.29, 0.717) is 5.92 Å². The van der Waals surface area contributed by atoms with Crippen LogP contribution in [0.2, 0.25) is 0 Å². The van der Waals surface area contributed by atoms with Crippen LogP contribution in [0, 0.1) is 12.8 Å². The van der Waals surface area contributed by atoms with Crippen LogP contribution in [-0.2, 0) is 12.8 Å². The standard InChI is InChI=1S/C18H26N4S.HI/c1-14(11-17-5-4-10-23-17)12-22-18(19-3)20-9-8-16-7-6-15(2)21-13-16;/h4-7,10,13-14H,8-9,11-12H2,1-3H3,(H2,19,20,22);1H. The van der Waals surface area contributed by atoms with Crippen molar-refractivity contribution in [1.82, 2.24) is 15.6 Å². The Morgan fingerprint density at radius 2 is 2.12 bits per heavy atom. The molecule has 2 rings (SSSR count). The second-order valence-electron chi connectivity index (χ2n) is 5.83. The molecular weight excluding hydrogens is 431 g/mol. The number of thiophene rings is 1. The minimum Gasteiger partial charge on any atom is -0.356 e. The summed E-state index contributed by atoms with van der Waals surface area (Å²) in [4.78, 5) is 10.0. The van der Waals surface area contributed by atoms with E-state index in [2.05, 4.69) is 57.2 Å². The number of rotatable bonds is 7. The zero-order valence-electron chi connectivity index (χ0n) is 14.6. The predicted octanol–water partition coefficient (Wildman–Crippen LogP) is 3.66. The summed E-state index contributed by atoms with van der Waals surface area (Å²) in [5.41, 5.74) is 2.29. The summed E-state index contributed by atoms with van der Waals surface area (Å²) in [5.74, 6) is 1.44. The van der Waals surface area contributed by atoms with Crippen molar-refractivity contribution in [3.8, 4) is 0 Å². The monoisotopic (exact) mass is 458 g/mol. The van der Waals surface area contributed by atoms with Crippen LogP contribution in [0.3, 0.4) is 0 Å². The number of aromatic nitrogens is 1. The molecule has 24 heavy (non-hydrogen) atoms. The van der Waals surface area contributed by atoms with E-state index in [4.69, 9.17) is 0 Å². The number of aryl methyl sites for hydroxylation is 1. The number of halogens is 1. The average Bonchev–Trinajstić information content (AvgIpc) is 3.05. The molecule has 0 aromatic carbocycles. The van der Waals surface area contributed by atoms with Gasteiger partial charge in [-0.3, -0.25) is 9.98 Å². The van der Waals surface area contributed by atoms with Crippen molar-refractivity contribution in [3.05, 3.63) is 52.0 Å². The Morgan fingerprint density at radius 3 is 2.75 bits per heavy atom. The molecule has 0 amide bonds. The Hall–Kier alpha value is -1.15. The van der Waals surface area contributed by atoms with Gasteiger partial charge in [0.2, 0.25) is 0 Å². The predicted molar refractivity (Wildman–Crippen MR) is 115 cm³/mol. The van der Waals surface area contributed by atoms with E-state index in [9.17, 15) is 0 Å². The van der Waals surface area contributed by atoms with Crippen LogP contribution in [0.25, 0.3) is 0 Å². The number of pyridine rings is 1. The van der Waals surface area contributed by atoms with Crippen molar-refractivity contribution in [1.29, 1.82) is 0 Å². The molecule has 2 aromatic rings. The van der Waals surface area contributed by atoms with Gasteiger partial charge in [-0.2, -0.15) is 0 Å². The van der Waals surface area contributed by atoms with Crippen LogP contribution in [0.4, 0.5) is 0 Å². The molecule has 0 aliphatic rings. The fraction of sp³-hybridized carbons (Fsp3) is 0.444. The van der Waals surface area contributed by atoms with Gasteiger partial charge < -0.3 is 10.6 Å². The molecule has 0 fully saturated rings. The van der Waals surface area contributed by atoms with Gasteiger partial charge in [0.1, 0.15) is 0 Å². The van der Waals surface area contributed by atoms with Gasteiger partial charge in [0.25, 0.3) is 0 Å². The number of hydrogen-bond donors (Lipinski definition) is 2. The third-order valence-corrected chi connectivity index (χ3v) is 4.55. The van der Waals surface area contributed by atoms with E-state index in [1.807, 2.05) is 31.5 Å². The van der Waals surface area contributed by atoms with Crippen LogP contribution in [0.5, 0.6) is 0 Å². The molecule has 0 aliphatic heterocycles. The van der Waals surface area contributed by atoms with Gasteiger partial charge in [-0.25, -0.2) is 0 Å². The van der Waals surface area contributed by atoms with E-state index >= 15 is 0 Å². The SMILES string of the molecule is CN=C(NCCc1ccc(C)nc1)NCC(C)Cc1cccs1.I. The Labute approximate surface area is 166 Å². The lowest BCUT2D eigenvalue weighted by molar-refractivity contribution is 0.562. The summed E-state index contributed by atoms with van der Waals surface area (Å²) in [6.45, 7) is 6.04. The molecule has 0 aliphatic carbocycles. The lowest BCUT2D eigenvalue weighted by Gasteiger charge is -2.15. The van der Waals surface area contributed by atoms with Gasteiger partial charge in [-0.05, 0) is 48.8 Å².